The van der Waals surface area contributed by atoms with E-state index in [1.165, 1.54) is 27.2 Å². The summed E-state index contributed by atoms with van der Waals surface area (Å²) in [6.07, 6.45) is 4.39. The van der Waals surface area contributed by atoms with E-state index in [2.05, 4.69) is 47.8 Å². The highest BCUT2D eigenvalue weighted by molar-refractivity contribution is 5.77. The molecule has 5 rings (SSSR count). The third-order valence-corrected chi connectivity index (χ3v) is 6.99. The van der Waals surface area contributed by atoms with Crippen LogP contribution in [0.1, 0.15) is 41.1 Å². The van der Waals surface area contributed by atoms with E-state index < -0.39 is 0 Å². The maximum atomic E-state index is 12.7. The first-order chi connectivity index (χ1) is 14.7. The van der Waals surface area contributed by atoms with Crippen molar-refractivity contribution in [3.05, 3.63) is 64.7 Å². The monoisotopic (exact) mass is 407 g/mol. The van der Waals surface area contributed by atoms with Crippen molar-refractivity contribution >= 4 is 5.91 Å². The van der Waals surface area contributed by atoms with Gasteiger partial charge in [0.05, 0.1) is 12.6 Å². The molecule has 0 unspecified atom stereocenters. The Bertz CT molecular complexity index is 905. The lowest BCUT2D eigenvalue weighted by atomic mass is 9.88. The second kappa shape index (κ2) is 8.78. The summed E-state index contributed by atoms with van der Waals surface area (Å²) in [6.45, 7) is 6.89. The van der Waals surface area contributed by atoms with Crippen molar-refractivity contribution in [3.8, 4) is 5.75 Å². The lowest BCUT2D eigenvalue weighted by molar-refractivity contribution is -1.02. The first-order valence-electron chi connectivity index (χ1n) is 11.5. The highest BCUT2D eigenvalue weighted by Crippen LogP contribution is 2.29. The summed E-state index contributed by atoms with van der Waals surface area (Å²) in [5.41, 5.74) is 5.49. The molecule has 0 bridgehead atoms. The zero-order chi connectivity index (χ0) is 20.3. The van der Waals surface area contributed by atoms with Crippen LogP contribution in [0.15, 0.2) is 42.5 Å². The van der Waals surface area contributed by atoms with E-state index in [9.17, 15) is 4.79 Å². The van der Waals surface area contributed by atoms with Gasteiger partial charge in [-0.1, -0.05) is 24.3 Å². The minimum absolute atomic E-state index is 0.192. The van der Waals surface area contributed by atoms with Crippen molar-refractivity contribution in [1.82, 2.24) is 5.32 Å². The Hall–Kier alpha value is -2.37. The Labute approximate surface area is 179 Å². The van der Waals surface area contributed by atoms with E-state index in [4.69, 9.17) is 4.74 Å². The van der Waals surface area contributed by atoms with E-state index in [0.29, 0.717) is 6.54 Å². The average Bonchev–Trinajstić information content (AvgIpc) is 3.23. The SMILES string of the molecule is O=C(C[NH+]1CC[NH+](Cc2ccc3c(c2)CCO3)CC1)N[C@H]1CCCc2ccccc21. The molecule has 1 amide bonds. The molecule has 1 saturated heterocycles. The predicted molar refractivity (Wildman–Crippen MR) is 116 cm³/mol. The molecule has 5 heteroatoms. The quantitative estimate of drug-likeness (QED) is 0.659. The van der Waals surface area contributed by atoms with Crippen molar-refractivity contribution in [2.24, 2.45) is 0 Å². The van der Waals surface area contributed by atoms with Gasteiger partial charge in [0.15, 0.2) is 6.54 Å². The highest BCUT2D eigenvalue weighted by Gasteiger charge is 2.27. The topological polar surface area (TPSA) is 47.2 Å². The number of benzene rings is 2. The number of nitrogens with one attached hydrogen (secondary N) is 3. The van der Waals surface area contributed by atoms with Gasteiger partial charge in [-0.05, 0) is 54.2 Å². The number of fused-ring (bicyclic) bond motifs is 2. The van der Waals surface area contributed by atoms with Crippen LogP contribution < -0.4 is 19.9 Å². The summed E-state index contributed by atoms with van der Waals surface area (Å²) in [5, 5.41) is 3.32. The molecule has 1 fully saturated rings. The fraction of sp³-hybridized carbons (Fsp3) is 0.480. The predicted octanol–water partition coefficient (Wildman–Crippen LogP) is 0.0987. The Morgan fingerprint density at radius 3 is 2.73 bits per heavy atom. The standard InChI is InChI=1S/C25H31N3O2/c29-25(26-23-7-3-5-20-4-1-2-6-22(20)23)18-28-13-11-27(12-14-28)17-19-8-9-24-21(16-19)10-15-30-24/h1-2,4,6,8-9,16,23H,3,5,7,10-15,17-18H2,(H,26,29)/p+2/t23-/m0/s1. The van der Waals surface area contributed by atoms with Crippen LogP contribution in [-0.2, 0) is 24.2 Å². The van der Waals surface area contributed by atoms with Gasteiger partial charge >= 0.3 is 0 Å². The molecule has 2 aromatic carbocycles. The van der Waals surface area contributed by atoms with Gasteiger partial charge in [-0.2, -0.15) is 0 Å². The maximum absolute atomic E-state index is 12.7. The second-order valence-electron chi connectivity index (χ2n) is 9.11. The lowest BCUT2D eigenvalue weighted by Gasteiger charge is -2.30. The number of quaternary nitrogens is 2. The van der Waals surface area contributed by atoms with E-state index >= 15 is 0 Å². The Kier molecular flexibility index (Phi) is 5.73. The summed E-state index contributed by atoms with van der Waals surface area (Å²) >= 11 is 0. The number of piperazine rings is 1. The van der Waals surface area contributed by atoms with Crippen molar-refractivity contribution in [2.75, 3.05) is 39.3 Å². The molecule has 0 saturated carbocycles. The van der Waals surface area contributed by atoms with E-state index in [1.54, 1.807) is 4.90 Å². The number of rotatable bonds is 5. The fourth-order valence-corrected chi connectivity index (χ4v) is 5.33. The summed E-state index contributed by atoms with van der Waals surface area (Å²) in [5.74, 6) is 1.27. The molecule has 1 atom stereocenters. The Morgan fingerprint density at radius 1 is 1.00 bits per heavy atom. The Balaban J connectivity index is 1.09. The van der Waals surface area contributed by atoms with Crippen LogP contribution in [0.5, 0.6) is 5.75 Å². The largest absolute Gasteiger partial charge is 0.493 e. The number of carbonyl (C=O) groups is 1. The van der Waals surface area contributed by atoms with Crippen LogP contribution in [-0.4, -0.2) is 45.2 Å². The third-order valence-electron chi connectivity index (χ3n) is 6.99. The molecule has 0 aromatic heterocycles. The second-order valence-corrected chi connectivity index (χ2v) is 9.11. The van der Waals surface area contributed by atoms with Crippen LogP contribution in [0.2, 0.25) is 0 Å². The molecule has 0 radical (unpaired) electrons. The van der Waals surface area contributed by atoms with Gasteiger partial charge in [0, 0.05) is 12.0 Å². The number of amides is 1. The van der Waals surface area contributed by atoms with Crippen LogP contribution in [0, 0.1) is 0 Å². The van der Waals surface area contributed by atoms with Gasteiger partial charge < -0.3 is 19.9 Å². The minimum atomic E-state index is 0.192. The van der Waals surface area contributed by atoms with Gasteiger partial charge in [0.2, 0.25) is 0 Å². The molecule has 3 aliphatic rings. The van der Waals surface area contributed by atoms with Crippen LogP contribution in [0.3, 0.4) is 0 Å². The first kappa shape index (κ1) is 19.6. The van der Waals surface area contributed by atoms with Gasteiger partial charge in [0.25, 0.3) is 5.91 Å². The van der Waals surface area contributed by atoms with E-state index in [-0.39, 0.29) is 11.9 Å². The van der Waals surface area contributed by atoms with Gasteiger partial charge in [0.1, 0.15) is 38.5 Å². The number of hydrogen-bond acceptors (Lipinski definition) is 2. The molecule has 2 aliphatic heterocycles. The van der Waals surface area contributed by atoms with Crippen molar-refractivity contribution in [2.45, 2.75) is 38.3 Å². The van der Waals surface area contributed by atoms with Crippen molar-refractivity contribution in [3.63, 3.8) is 0 Å². The number of aryl methyl sites for hydroxylation is 1. The van der Waals surface area contributed by atoms with Crippen LogP contribution in [0.4, 0.5) is 0 Å². The average molecular weight is 408 g/mol. The van der Waals surface area contributed by atoms with Gasteiger partial charge in [-0.3, -0.25) is 4.79 Å². The molecule has 2 heterocycles. The fourth-order valence-electron chi connectivity index (χ4n) is 5.33. The van der Waals surface area contributed by atoms with Gasteiger partial charge in [-0.15, -0.1) is 0 Å². The smallest absolute Gasteiger partial charge is 0.275 e. The summed E-state index contributed by atoms with van der Waals surface area (Å²) in [6, 6.07) is 15.4. The van der Waals surface area contributed by atoms with Crippen LogP contribution in [0.25, 0.3) is 0 Å². The zero-order valence-corrected chi connectivity index (χ0v) is 17.7. The molecule has 0 spiro atoms. The number of carbonyl (C=O) groups excluding carboxylic acids is 1. The van der Waals surface area contributed by atoms with Crippen molar-refractivity contribution in [1.29, 1.82) is 0 Å². The molecular formula is C25H33N3O2+2. The molecule has 30 heavy (non-hydrogen) atoms. The summed E-state index contributed by atoms with van der Waals surface area (Å²) in [7, 11) is 0. The molecule has 3 N–H and O–H groups in total. The minimum Gasteiger partial charge on any atom is -0.493 e. The molecule has 2 aromatic rings. The molecular weight excluding hydrogens is 374 g/mol. The van der Waals surface area contributed by atoms with Gasteiger partial charge in [-0.25, -0.2) is 0 Å². The van der Waals surface area contributed by atoms with Crippen LogP contribution >= 0.6 is 0 Å². The first-order valence-corrected chi connectivity index (χ1v) is 11.5. The summed E-state index contributed by atoms with van der Waals surface area (Å²) in [4.78, 5) is 15.8. The van der Waals surface area contributed by atoms with E-state index in [1.807, 2.05) is 0 Å². The molecule has 1 aliphatic carbocycles. The number of ether oxygens (including phenoxy) is 1. The highest BCUT2D eigenvalue weighted by atomic mass is 16.5. The Morgan fingerprint density at radius 2 is 1.83 bits per heavy atom. The zero-order valence-electron chi connectivity index (χ0n) is 17.7. The normalized spacial score (nSPS) is 25.1. The number of hydrogen-bond donors (Lipinski definition) is 3. The summed E-state index contributed by atoms with van der Waals surface area (Å²) < 4.78 is 5.62. The third kappa shape index (κ3) is 4.37. The molecule has 5 nitrogen and oxygen atoms in total. The van der Waals surface area contributed by atoms with Crippen molar-refractivity contribution < 1.29 is 19.3 Å². The maximum Gasteiger partial charge on any atom is 0.275 e. The molecule has 158 valence electrons. The lowest BCUT2D eigenvalue weighted by Crippen LogP contribution is -3.28. The van der Waals surface area contributed by atoms with E-state index in [0.717, 1.165) is 70.8 Å².